The van der Waals surface area contributed by atoms with Crippen LogP contribution >= 0.6 is 11.6 Å². The summed E-state index contributed by atoms with van der Waals surface area (Å²) < 4.78 is 7.00. The minimum Gasteiger partial charge on any atom is -0.494 e. The molecule has 1 aromatic carbocycles. The zero-order chi connectivity index (χ0) is 9.42. The number of halogens is 1. The summed E-state index contributed by atoms with van der Waals surface area (Å²) in [6.07, 6.45) is 0. The van der Waals surface area contributed by atoms with Crippen molar-refractivity contribution >= 4 is 22.6 Å². The second kappa shape index (κ2) is 2.92. The molecule has 0 radical (unpaired) electrons. The molecule has 0 unspecified atom stereocenters. The molecule has 0 aliphatic rings. The van der Waals surface area contributed by atoms with Gasteiger partial charge >= 0.3 is 0 Å². The maximum Gasteiger partial charge on any atom is 0.203 e. The lowest BCUT2D eigenvalue weighted by Crippen LogP contribution is -1.90. The zero-order valence-electron chi connectivity index (χ0n) is 7.41. The van der Waals surface area contributed by atoms with Crippen LogP contribution in [0.5, 0.6) is 5.75 Å². The summed E-state index contributed by atoms with van der Waals surface area (Å²) >= 11 is 5.88. The number of nitrogens with zero attached hydrogens (tertiary/aromatic N) is 2. The summed E-state index contributed by atoms with van der Waals surface area (Å²) in [5.74, 6) is 0.791. The Balaban J connectivity index is 2.87. The van der Waals surface area contributed by atoms with Gasteiger partial charge in [-0.15, -0.1) is 0 Å². The number of hydrogen-bond donors (Lipinski definition) is 0. The molecule has 0 N–H and O–H groups in total. The van der Waals surface area contributed by atoms with Gasteiger partial charge in [0.2, 0.25) is 5.28 Å². The Kier molecular flexibility index (Phi) is 1.88. The van der Waals surface area contributed by atoms with Gasteiger partial charge in [0.25, 0.3) is 0 Å². The van der Waals surface area contributed by atoms with E-state index in [1.54, 1.807) is 11.7 Å². The van der Waals surface area contributed by atoms with Crippen LogP contribution in [-0.2, 0) is 7.05 Å². The molecule has 4 heteroatoms. The van der Waals surface area contributed by atoms with Crippen molar-refractivity contribution in [2.75, 3.05) is 7.11 Å². The van der Waals surface area contributed by atoms with Crippen molar-refractivity contribution in [3.63, 3.8) is 0 Å². The van der Waals surface area contributed by atoms with Crippen LogP contribution in [0.1, 0.15) is 0 Å². The molecule has 0 aliphatic heterocycles. The van der Waals surface area contributed by atoms with Gasteiger partial charge in [-0.2, -0.15) is 0 Å². The lowest BCUT2D eigenvalue weighted by atomic mass is 10.3. The molecular weight excluding hydrogens is 188 g/mol. The predicted octanol–water partition coefficient (Wildman–Crippen LogP) is 2.24. The van der Waals surface area contributed by atoms with Crippen LogP contribution in [0.3, 0.4) is 0 Å². The Labute approximate surface area is 80.9 Å². The molecule has 13 heavy (non-hydrogen) atoms. The first-order chi connectivity index (χ1) is 6.24. The standard InChI is InChI=1S/C9H9ClN2O/c1-12-8-6(11-9(12)10)4-3-5-7(8)13-2/h3-5H,1-2H3. The second-order valence-corrected chi connectivity index (χ2v) is 3.11. The van der Waals surface area contributed by atoms with Gasteiger partial charge in [0, 0.05) is 7.05 Å². The van der Waals surface area contributed by atoms with Gasteiger partial charge in [-0.25, -0.2) is 4.98 Å². The smallest absolute Gasteiger partial charge is 0.203 e. The zero-order valence-corrected chi connectivity index (χ0v) is 8.17. The number of imidazole rings is 1. The third-order valence-electron chi connectivity index (χ3n) is 2.02. The summed E-state index contributed by atoms with van der Waals surface area (Å²) in [5.41, 5.74) is 1.78. The molecule has 0 fully saturated rings. The monoisotopic (exact) mass is 196 g/mol. The molecule has 1 aromatic heterocycles. The number of aryl methyl sites for hydroxylation is 1. The molecule has 3 nitrogen and oxygen atoms in total. The molecular formula is C9H9ClN2O. The van der Waals surface area contributed by atoms with E-state index in [1.807, 2.05) is 25.2 Å². The number of aromatic nitrogens is 2. The van der Waals surface area contributed by atoms with Gasteiger partial charge in [0.1, 0.15) is 11.3 Å². The third kappa shape index (κ3) is 1.16. The second-order valence-electron chi connectivity index (χ2n) is 2.77. The highest BCUT2D eigenvalue weighted by Gasteiger charge is 2.09. The molecule has 0 atom stereocenters. The Hall–Kier alpha value is -1.22. The van der Waals surface area contributed by atoms with Crippen molar-refractivity contribution < 1.29 is 4.74 Å². The number of hydrogen-bond acceptors (Lipinski definition) is 2. The third-order valence-corrected chi connectivity index (χ3v) is 2.36. The largest absolute Gasteiger partial charge is 0.494 e. The molecule has 2 rings (SSSR count). The fraction of sp³-hybridized carbons (Fsp3) is 0.222. The average Bonchev–Trinajstić information content (AvgIpc) is 2.43. The highest BCUT2D eigenvalue weighted by Crippen LogP contribution is 2.26. The first kappa shape index (κ1) is 8.38. The number of benzene rings is 1. The highest BCUT2D eigenvalue weighted by atomic mass is 35.5. The molecule has 1 heterocycles. The van der Waals surface area contributed by atoms with Crippen molar-refractivity contribution in [2.24, 2.45) is 7.05 Å². The normalized spacial score (nSPS) is 10.7. The van der Waals surface area contributed by atoms with Crippen LogP contribution in [0.15, 0.2) is 18.2 Å². The van der Waals surface area contributed by atoms with Crippen LogP contribution in [0.25, 0.3) is 11.0 Å². The predicted molar refractivity (Wildman–Crippen MR) is 52.3 cm³/mol. The average molecular weight is 197 g/mol. The Bertz CT molecular complexity index is 450. The first-order valence-electron chi connectivity index (χ1n) is 3.89. The van der Waals surface area contributed by atoms with E-state index in [9.17, 15) is 0 Å². The van der Waals surface area contributed by atoms with Crippen LogP contribution in [0.4, 0.5) is 0 Å². The maximum atomic E-state index is 5.88. The van der Waals surface area contributed by atoms with E-state index in [0.29, 0.717) is 5.28 Å². The van der Waals surface area contributed by atoms with Gasteiger partial charge < -0.3 is 9.30 Å². The molecule has 0 bridgehead atoms. The number of rotatable bonds is 1. The van der Waals surface area contributed by atoms with Crippen LogP contribution in [0, 0.1) is 0 Å². The van der Waals surface area contributed by atoms with E-state index in [2.05, 4.69) is 4.98 Å². The molecule has 0 aliphatic carbocycles. The fourth-order valence-corrected chi connectivity index (χ4v) is 1.55. The Morgan fingerprint density at radius 1 is 1.46 bits per heavy atom. The molecule has 0 saturated carbocycles. The summed E-state index contributed by atoms with van der Waals surface area (Å²) in [7, 11) is 3.50. The van der Waals surface area contributed by atoms with E-state index >= 15 is 0 Å². The number of ether oxygens (including phenoxy) is 1. The lowest BCUT2D eigenvalue weighted by Gasteiger charge is -2.02. The van der Waals surface area contributed by atoms with Gasteiger partial charge in [-0.05, 0) is 23.7 Å². The maximum absolute atomic E-state index is 5.88. The first-order valence-corrected chi connectivity index (χ1v) is 4.26. The minimum atomic E-state index is 0.472. The fourth-order valence-electron chi connectivity index (χ4n) is 1.37. The summed E-state index contributed by atoms with van der Waals surface area (Å²) in [6.45, 7) is 0. The van der Waals surface area contributed by atoms with Crippen LogP contribution in [-0.4, -0.2) is 16.7 Å². The SMILES string of the molecule is COc1cccc2nc(Cl)n(C)c12. The number of fused-ring (bicyclic) bond motifs is 1. The van der Waals surface area contributed by atoms with Crippen molar-refractivity contribution in [2.45, 2.75) is 0 Å². The number of para-hydroxylation sites is 1. The Morgan fingerprint density at radius 2 is 2.23 bits per heavy atom. The summed E-state index contributed by atoms with van der Waals surface area (Å²) in [5, 5.41) is 0.472. The lowest BCUT2D eigenvalue weighted by molar-refractivity contribution is 0.418. The van der Waals surface area contributed by atoms with E-state index in [4.69, 9.17) is 16.3 Å². The van der Waals surface area contributed by atoms with Crippen molar-refractivity contribution in [3.8, 4) is 5.75 Å². The van der Waals surface area contributed by atoms with Gasteiger partial charge in [-0.1, -0.05) is 6.07 Å². The molecule has 0 amide bonds. The summed E-state index contributed by atoms with van der Waals surface area (Å²) in [6, 6.07) is 5.69. The minimum absolute atomic E-state index is 0.472. The molecule has 2 aromatic rings. The van der Waals surface area contributed by atoms with Crippen LogP contribution in [0.2, 0.25) is 5.28 Å². The highest BCUT2D eigenvalue weighted by molar-refractivity contribution is 6.29. The molecule has 68 valence electrons. The van der Waals surface area contributed by atoms with Crippen LogP contribution < -0.4 is 4.74 Å². The Morgan fingerprint density at radius 3 is 2.92 bits per heavy atom. The molecule has 0 spiro atoms. The van der Waals surface area contributed by atoms with E-state index in [-0.39, 0.29) is 0 Å². The van der Waals surface area contributed by atoms with Gasteiger partial charge in [-0.3, -0.25) is 0 Å². The van der Waals surface area contributed by atoms with E-state index in [1.165, 1.54) is 0 Å². The van der Waals surface area contributed by atoms with Crippen molar-refractivity contribution in [1.29, 1.82) is 0 Å². The van der Waals surface area contributed by atoms with Gasteiger partial charge in [0.05, 0.1) is 12.6 Å². The van der Waals surface area contributed by atoms with E-state index in [0.717, 1.165) is 16.8 Å². The van der Waals surface area contributed by atoms with Crippen molar-refractivity contribution in [1.82, 2.24) is 9.55 Å². The number of methoxy groups -OCH3 is 1. The quantitative estimate of drug-likeness (QED) is 0.700. The summed E-state index contributed by atoms with van der Waals surface area (Å²) in [4.78, 5) is 4.17. The topological polar surface area (TPSA) is 27.1 Å². The van der Waals surface area contributed by atoms with Crippen molar-refractivity contribution in [3.05, 3.63) is 23.5 Å². The van der Waals surface area contributed by atoms with E-state index < -0.39 is 0 Å². The van der Waals surface area contributed by atoms with Gasteiger partial charge in [0.15, 0.2) is 0 Å². The molecule has 0 saturated heterocycles.